The van der Waals surface area contributed by atoms with E-state index < -0.39 is 23.4 Å². The van der Waals surface area contributed by atoms with Crippen molar-refractivity contribution in [2.75, 3.05) is 11.9 Å². The number of urea groups is 1. The number of hydrogen-bond acceptors (Lipinski definition) is 4. The fourth-order valence-corrected chi connectivity index (χ4v) is 2.76. The zero-order valence-corrected chi connectivity index (χ0v) is 15.5. The summed E-state index contributed by atoms with van der Waals surface area (Å²) in [4.78, 5) is 37.1. The van der Waals surface area contributed by atoms with Gasteiger partial charge < -0.3 is 15.0 Å². The molecule has 2 aromatic carbocycles. The molecule has 8 heteroatoms. The number of amides is 4. The van der Waals surface area contributed by atoms with Gasteiger partial charge in [-0.05, 0) is 43.7 Å². The molecule has 0 bridgehead atoms. The highest BCUT2D eigenvalue weighted by Crippen LogP contribution is 2.22. The van der Waals surface area contributed by atoms with Gasteiger partial charge in [0.25, 0.3) is 5.91 Å². The van der Waals surface area contributed by atoms with Crippen molar-refractivity contribution in [2.45, 2.75) is 26.0 Å². The van der Waals surface area contributed by atoms with E-state index >= 15 is 0 Å². The second-order valence-electron chi connectivity index (χ2n) is 6.90. The van der Waals surface area contributed by atoms with Crippen LogP contribution in [0, 0.1) is 5.82 Å². The number of hydrogen-bond donors (Lipinski definition) is 2. The summed E-state index contributed by atoms with van der Waals surface area (Å²) in [5.74, 6) is -0.732. The lowest BCUT2D eigenvalue weighted by molar-refractivity contribution is -0.126. The fraction of sp³-hybridized carbons (Fsp3) is 0.250. The Morgan fingerprint density at radius 1 is 1.18 bits per heavy atom. The number of anilines is 1. The van der Waals surface area contributed by atoms with Crippen molar-refractivity contribution in [3.63, 3.8) is 0 Å². The Labute approximate surface area is 161 Å². The van der Waals surface area contributed by atoms with Gasteiger partial charge in [-0.2, -0.15) is 0 Å². The third-order valence-electron chi connectivity index (χ3n) is 4.41. The van der Waals surface area contributed by atoms with E-state index in [0.717, 1.165) is 0 Å². The Hall–Kier alpha value is -3.42. The first kappa shape index (κ1) is 19.3. The van der Waals surface area contributed by atoms with Crippen LogP contribution in [0.4, 0.5) is 14.9 Å². The molecule has 0 atom stereocenters. The predicted octanol–water partition coefficient (Wildman–Crippen LogP) is 2.67. The Morgan fingerprint density at radius 2 is 1.93 bits per heavy atom. The van der Waals surface area contributed by atoms with Gasteiger partial charge in [-0.1, -0.05) is 18.2 Å². The molecule has 146 valence electrons. The summed E-state index contributed by atoms with van der Waals surface area (Å²) in [5.41, 5.74) is 0.0662. The van der Waals surface area contributed by atoms with Gasteiger partial charge >= 0.3 is 6.03 Å². The molecule has 4 amide bonds. The predicted molar refractivity (Wildman–Crippen MR) is 100 cm³/mol. The maximum Gasteiger partial charge on any atom is 0.325 e. The Balaban J connectivity index is 1.60. The van der Waals surface area contributed by atoms with Crippen molar-refractivity contribution in [3.8, 4) is 5.75 Å². The lowest BCUT2D eigenvalue weighted by Gasteiger charge is -2.27. The molecular formula is C20H20FN3O4. The fourth-order valence-electron chi connectivity index (χ4n) is 2.76. The largest absolute Gasteiger partial charge is 0.489 e. The Morgan fingerprint density at radius 3 is 2.61 bits per heavy atom. The maximum absolute atomic E-state index is 13.2. The first-order valence-corrected chi connectivity index (χ1v) is 8.66. The SMILES string of the molecule is CC1(C)C(=O)NC(=O)N1CC(=O)Nc1cccc(OCc2cccc(F)c2)c1. The minimum absolute atomic E-state index is 0.180. The molecule has 1 saturated heterocycles. The number of halogens is 1. The highest BCUT2D eigenvalue weighted by molar-refractivity contribution is 6.08. The molecule has 0 aliphatic carbocycles. The third kappa shape index (κ3) is 4.28. The van der Waals surface area contributed by atoms with E-state index in [2.05, 4.69) is 10.6 Å². The van der Waals surface area contributed by atoms with Gasteiger partial charge in [-0.3, -0.25) is 14.9 Å². The molecule has 1 aliphatic heterocycles. The van der Waals surface area contributed by atoms with E-state index in [0.29, 0.717) is 17.0 Å². The van der Waals surface area contributed by atoms with Crippen molar-refractivity contribution in [1.82, 2.24) is 10.2 Å². The van der Waals surface area contributed by atoms with E-state index in [9.17, 15) is 18.8 Å². The second kappa shape index (κ2) is 7.67. The van der Waals surface area contributed by atoms with Crippen LogP contribution in [-0.4, -0.2) is 34.8 Å². The first-order chi connectivity index (χ1) is 13.3. The maximum atomic E-state index is 13.2. The number of nitrogens with one attached hydrogen (secondary N) is 2. The van der Waals surface area contributed by atoms with Gasteiger partial charge in [0.1, 0.15) is 30.3 Å². The van der Waals surface area contributed by atoms with E-state index in [1.165, 1.54) is 17.0 Å². The van der Waals surface area contributed by atoms with Crippen molar-refractivity contribution >= 4 is 23.5 Å². The van der Waals surface area contributed by atoms with E-state index in [1.807, 2.05) is 0 Å². The number of benzene rings is 2. The first-order valence-electron chi connectivity index (χ1n) is 8.66. The van der Waals surface area contributed by atoms with E-state index in [1.54, 1.807) is 50.2 Å². The zero-order valence-electron chi connectivity index (χ0n) is 15.5. The summed E-state index contributed by atoms with van der Waals surface area (Å²) in [7, 11) is 0. The quantitative estimate of drug-likeness (QED) is 0.749. The van der Waals surface area contributed by atoms with E-state index in [-0.39, 0.29) is 19.0 Å². The topological polar surface area (TPSA) is 87.7 Å². The Bertz CT molecular complexity index is 929. The smallest absolute Gasteiger partial charge is 0.325 e. The van der Waals surface area contributed by atoms with Crippen LogP contribution in [-0.2, 0) is 16.2 Å². The molecule has 1 fully saturated rings. The standard InChI is InChI=1S/C20H20FN3O4/c1-20(2)18(26)23-19(27)24(20)11-17(25)22-15-7-4-8-16(10-15)28-12-13-5-3-6-14(21)9-13/h3-10H,11-12H2,1-2H3,(H,22,25)(H,23,26,27). The summed E-state index contributed by atoms with van der Waals surface area (Å²) >= 11 is 0. The normalized spacial score (nSPS) is 15.3. The van der Waals surface area contributed by atoms with Crippen LogP contribution in [0.2, 0.25) is 0 Å². The molecule has 0 saturated carbocycles. The molecule has 1 heterocycles. The number of nitrogens with zero attached hydrogens (tertiary/aromatic N) is 1. The number of imide groups is 1. The van der Waals surface area contributed by atoms with Crippen molar-refractivity contribution in [2.24, 2.45) is 0 Å². The molecule has 1 aliphatic rings. The average Bonchev–Trinajstić information content (AvgIpc) is 2.82. The van der Waals surface area contributed by atoms with Crippen molar-refractivity contribution < 1.29 is 23.5 Å². The molecule has 2 N–H and O–H groups in total. The summed E-state index contributed by atoms with van der Waals surface area (Å²) in [6, 6.07) is 12.2. The van der Waals surface area contributed by atoms with Crippen LogP contribution in [0.3, 0.4) is 0 Å². The minimum atomic E-state index is -1.09. The highest BCUT2D eigenvalue weighted by Gasteiger charge is 2.46. The van der Waals surface area contributed by atoms with Crippen LogP contribution in [0.5, 0.6) is 5.75 Å². The van der Waals surface area contributed by atoms with Gasteiger partial charge in [-0.15, -0.1) is 0 Å². The van der Waals surface area contributed by atoms with Gasteiger partial charge in [0.2, 0.25) is 5.91 Å². The molecule has 0 radical (unpaired) electrons. The van der Waals surface area contributed by atoms with Crippen LogP contribution < -0.4 is 15.4 Å². The Kier molecular flexibility index (Phi) is 5.30. The highest BCUT2D eigenvalue weighted by atomic mass is 19.1. The number of rotatable bonds is 6. The van der Waals surface area contributed by atoms with Gasteiger partial charge in [0.15, 0.2) is 0 Å². The number of carbonyl (C=O) groups excluding carboxylic acids is 3. The van der Waals surface area contributed by atoms with Crippen LogP contribution >= 0.6 is 0 Å². The second-order valence-corrected chi connectivity index (χ2v) is 6.90. The van der Waals surface area contributed by atoms with Gasteiger partial charge in [-0.25, -0.2) is 9.18 Å². The van der Waals surface area contributed by atoms with Crippen LogP contribution in [0.1, 0.15) is 19.4 Å². The van der Waals surface area contributed by atoms with Crippen LogP contribution in [0.15, 0.2) is 48.5 Å². The van der Waals surface area contributed by atoms with Crippen molar-refractivity contribution in [3.05, 3.63) is 59.9 Å². The molecule has 0 aromatic heterocycles. The molecule has 7 nitrogen and oxygen atoms in total. The summed E-state index contributed by atoms with van der Waals surface area (Å²) in [6.07, 6.45) is 0. The lowest BCUT2D eigenvalue weighted by atomic mass is 10.0. The molecule has 3 rings (SSSR count). The molecule has 0 spiro atoms. The minimum Gasteiger partial charge on any atom is -0.489 e. The molecule has 2 aromatic rings. The van der Waals surface area contributed by atoms with Gasteiger partial charge in [0, 0.05) is 11.8 Å². The molecule has 0 unspecified atom stereocenters. The van der Waals surface area contributed by atoms with E-state index in [4.69, 9.17) is 4.74 Å². The summed E-state index contributed by atoms with van der Waals surface area (Å²) in [5, 5.41) is 4.87. The van der Waals surface area contributed by atoms with Crippen LogP contribution in [0.25, 0.3) is 0 Å². The number of carbonyl (C=O) groups is 3. The monoisotopic (exact) mass is 385 g/mol. The summed E-state index contributed by atoms with van der Waals surface area (Å²) < 4.78 is 18.8. The molecule has 28 heavy (non-hydrogen) atoms. The number of ether oxygens (including phenoxy) is 1. The van der Waals surface area contributed by atoms with Gasteiger partial charge in [0.05, 0.1) is 0 Å². The lowest BCUT2D eigenvalue weighted by Crippen LogP contribution is -2.47. The third-order valence-corrected chi connectivity index (χ3v) is 4.41. The molecular weight excluding hydrogens is 365 g/mol. The summed E-state index contributed by atoms with van der Waals surface area (Å²) in [6.45, 7) is 3.06. The zero-order chi connectivity index (χ0) is 20.3. The van der Waals surface area contributed by atoms with Crippen molar-refractivity contribution in [1.29, 1.82) is 0 Å². The average molecular weight is 385 g/mol.